The molecule has 5 nitrogen and oxygen atoms in total. The van der Waals surface area contributed by atoms with E-state index in [1.807, 2.05) is 32.0 Å². The molecule has 0 aliphatic heterocycles. The number of rotatable bonds is 2. The lowest BCUT2D eigenvalue weighted by Gasteiger charge is -2.02. The lowest BCUT2D eigenvalue weighted by atomic mass is 10.0. The minimum absolute atomic E-state index is 0.171. The van der Waals surface area contributed by atoms with Crippen LogP contribution in [0.5, 0.6) is 0 Å². The number of benzene rings is 1. The highest BCUT2D eigenvalue weighted by Crippen LogP contribution is 2.21. The molecule has 3 N–H and O–H groups in total. The summed E-state index contributed by atoms with van der Waals surface area (Å²) in [6.45, 7) is 3.97. The number of aryl methyl sites for hydroxylation is 2. The molecule has 1 heterocycles. The molecule has 0 saturated heterocycles. The Hall–Kier alpha value is -2.17. The van der Waals surface area contributed by atoms with E-state index in [0.29, 0.717) is 5.69 Å². The van der Waals surface area contributed by atoms with Gasteiger partial charge in [-0.1, -0.05) is 17.2 Å². The third-order valence-corrected chi connectivity index (χ3v) is 2.28. The Bertz CT molecular complexity index is 524. The summed E-state index contributed by atoms with van der Waals surface area (Å²) in [5.41, 5.74) is 8.94. The van der Waals surface area contributed by atoms with Gasteiger partial charge in [-0.15, -0.1) is 0 Å². The van der Waals surface area contributed by atoms with Gasteiger partial charge in [0.05, 0.1) is 0 Å². The first-order chi connectivity index (χ1) is 7.58. The molecular weight excluding hydrogens is 204 g/mol. The molecule has 16 heavy (non-hydrogen) atoms. The molecule has 0 spiro atoms. The van der Waals surface area contributed by atoms with Gasteiger partial charge < -0.3 is 5.73 Å². The number of aromatic amines is 1. The van der Waals surface area contributed by atoms with Crippen LogP contribution in [-0.4, -0.2) is 21.3 Å². The standard InChI is InChI=1S/C11H12N4O/c1-6-3-7(2)5-8(4-6)9-10(11(12)16)14-15-13-9/h3-5H,1-2H3,(H2,12,16)(H,13,14,15). The third-order valence-electron chi connectivity index (χ3n) is 2.28. The second-order valence-electron chi connectivity index (χ2n) is 3.76. The van der Waals surface area contributed by atoms with Crippen LogP contribution in [0.2, 0.25) is 0 Å². The molecule has 5 heteroatoms. The van der Waals surface area contributed by atoms with Crippen molar-refractivity contribution in [1.29, 1.82) is 0 Å². The summed E-state index contributed by atoms with van der Waals surface area (Å²) in [6.07, 6.45) is 0. The second kappa shape index (κ2) is 3.77. The average molecular weight is 216 g/mol. The summed E-state index contributed by atoms with van der Waals surface area (Å²) in [5, 5.41) is 10.1. The first-order valence-electron chi connectivity index (χ1n) is 4.87. The number of nitrogens with one attached hydrogen (secondary N) is 1. The van der Waals surface area contributed by atoms with Crippen molar-refractivity contribution in [1.82, 2.24) is 15.4 Å². The Morgan fingerprint density at radius 1 is 1.19 bits per heavy atom. The van der Waals surface area contributed by atoms with Crippen LogP contribution >= 0.6 is 0 Å². The van der Waals surface area contributed by atoms with Gasteiger partial charge in [-0.05, 0) is 26.0 Å². The molecule has 82 valence electrons. The van der Waals surface area contributed by atoms with Crippen LogP contribution in [0.25, 0.3) is 11.3 Å². The summed E-state index contributed by atoms with van der Waals surface area (Å²) in [5.74, 6) is -0.581. The minimum atomic E-state index is -0.581. The second-order valence-corrected chi connectivity index (χ2v) is 3.76. The molecule has 0 bridgehead atoms. The normalized spacial score (nSPS) is 10.4. The van der Waals surface area contributed by atoms with Gasteiger partial charge in [0, 0.05) is 5.56 Å². The number of carbonyl (C=O) groups excluding carboxylic acids is 1. The van der Waals surface area contributed by atoms with E-state index in [-0.39, 0.29) is 5.69 Å². The van der Waals surface area contributed by atoms with Gasteiger partial charge in [0.25, 0.3) is 5.91 Å². The van der Waals surface area contributed by atoms with Crippen molar-refractivity contribution in [2.45, 2.75) is 13.8 Å². The van der Waals surface area contributed by atoms with Gasteiger partial charge >= 0.3 is 0 Å². The lowest BCUT2D eigenvalue weighted by Crippen LogP contribution is -2.12. The van der Waals surface area contributed by atoms with Crippen molar-refractivity contribution in [2.24, 2.45) is 5.73 Å². The number of aromatic nitrogens is 3. The topological polar surface area (TPSA) is 84.7 Å². The van der Waals surface area contributed by atoms with Crippen molar-refractivity contribution in [2.75, 3.05) is 0 Å². The minimum Gasteiger partial charge on any atom is -0.364 e. The number of nitrogens with two attached hydrogens (primary N) is 1. The lowest BCUT2D eigenvalue weighted by molar-refractivity contribution is 0.0996. The Morgan fingerprint density at radius 2 is 1.81 bits per heavy atom. The number of nitrogens with zero attached hydrogens (tertiary/aromatic N) is 2. The number of amides is 1. The average Bonchev–Trinajstić information content (AvgIpc) is 2.63. The molecule has 0 aliphatic rings. The van der Waals surface area contributed by atoms with Gasteiger partial charge in [0.15, 0.2) is 5.69 Å². The van der Waals surface area contributed by atoms with E-state index in [0.717, 1.165) is 16.7 Å². The summed E-state index contributed by atoms with van der Waals surface area (Å²) < 4.78 is 0. The smallest absolute Gasteiger partial charge is 0.271 e. The van der Waals surface area contributed by atoms with Crippen LogP contribution < -0.4 is 5.73 Å². The number of hydrogen-bond acceptors (Lipinski definition) is 3. The molecule has 1 amide bonds. The molecule has 0 saturated carbocycles. The molecular formula is C11H12N4O. The van der Waals surface area contributed by atoms with E-state index in [1.54, 1.807) is 0 Å². The van der Waals surface area contributed by atoms with E-state index in [2.05, 4.69) is 15.4 Å². The zero-order valence-corrected chi connectivity index (χ0v) is 9.11. The Kier molecular flexibility index (Phi) is 2.44. The first-order valence-corrected chi connectivity index (χ1v) is 4.87. The highest BCUT2D eigenvalue weighted by Gasteiger charge is 2.15. The fraction of sp³-hybridized carbons (Fsp3) is 0.182. The van der Waals surface area contributed by atoms with Crippen LogP contribution in [0.1, 0.15) is 21.6 Å². The molecule has 0 atom stereocenters. The fourth-order valence-electron chi connectivity index (χ4n) is 1.72. The monoisotopic (exact) mass is 216 g/mol. The van der Waals surface area contributed by atoms with Crippen molar-refractivity contribution >= 4 is 5.91 Å². The van der Waals surface area contributed by atoms with Gasteiger partial charge in [0.2, 0.25) is 0 Å². The number of carbonyl (C=O) groups is 1. The van der Waals surface area contributed by atoms with E-state index < -0.39 is 5.91 Å². The van der Waals surface area contributed by atoms with Crippen molar-refractivity contribution in [3.05, 3.63) is 35.0 Å². The van der Waals surface area contributed by atoms with Crippen LogP contribution in [0.3, 0.4) is 0 Å². The summed E-state index contributed by atoms with van der Waals surface area (Å²) in [6, 6.07) is 5.93. The fourth-order valence-corrected chi connectivity index (χ4v) is 1.72. The van der Waals surface area contributed by atoms with E-state index in [4.69, 9.17) is 5.73 Å². The maximum absolute atomic E-state index is 11.1. The number of hydrogen-bond donors (Lipinski definition) is 2. The van der Waals surface area contributed by atoms with Gasteiger partial charge in [-0.3, -0.25) is 4.79 Å². The van der Waals surface area contributed by atoms with Crippen LogP contribution in [0.15, 0.2) is 18.2 Å². The maximum atomic E-state index is 11.1. The molecule has 1 aromatic heterocycles. The highest BCUT2D eigenvalue weighted by molar-refractivity contribution is 5.96. The molecule has 0 fully saturated rings. The van der Waals surface area contributed by atoms with Crippen LogP contribution in [-0.2, 0) is 0 Å². The molecule has 0 aliphatic carbocycles. The van der Waals surface area contributed by atoms with Crippen molar-refractivity contribution in [3.63, 3.8) is 0 Å². The van der Waals surface area contributed by atoms with Gasteiger partial charge in [-0.2, -0.15) is 15.4 Å². The van der Waals surface area contributed by atoms with Gasteiger partial charge in [0.1, 0.15) is 5.69 Å². The third kappa shape index (κ3) is 1.79. The zero-order valence-electron chi connectivity index (χ0n) is 9.11. The summed E-state index contributed by atoms with van der Waals surface area (Å²) >= 11 is 0. The molecule has 2 rings (SSSR count). The first kappa shape index (κ1) is 10.4. The molecule has 0 unspecified atom stereocenters. The Balaban J connectivity index is 2.58. The Morgan fingerprint density at radius 3 is 2.38 bits per heavy atom. The predicted octanol–water partition coefficient (Wildman–Crippen LogP) is 1.19. The zero-order chi connectivity index (χ0) is 11.7. The largest absolute Gasteiger partial charge is 0.364 e. The molecule has 2 aromatic rings. The molecule has 1 aromatic carbocycles. The van der Waals surface area contributed by atoms with Gasteiger partial charge in [-0.25, -0.2) is 0 Å². The number of primary amides is 1. The molecule has 0 radical (unpaired) electrons. The predicted molar refractivity (Wildman–Crippen MR) is 59.8 cm³/mol. The summed E-state index contributed by atoms with van der Waals surface area (Å²) in [7, 11) is 0. The quantitative estimate of drug-likeness (QED) is 0.790. The van der Waals surface area contributed by atoms with E-state index in [9.17, 15) is 4.79 Å². The SMILES string of the molecule is Cc1cc(C)cc(-c2n[nH]nc2C(N)=O)c1. The van der Waals surface area contributed by atoms with E-state index >= 15 is 0 Å². The van der Waals surface area contributed by atoms with Crippen molar-refractivity contribution < 1.29 is 4.79 Å². The number of H-pyrrole nitrogens is 1. The maximum Gasteiger partial charge on any atom is 0.271 e. The van der Waals surface area contributed by atoms with E-state index in [1.165, 1.54) is 0 Å². The Labute approximate surface area is 92.7 Å². The van der Waals surface area contributed by atoms with Crippen LogP contribution in [0.4, 0.5) is 0 Å². The van der Waals surface area contributed by atoms with Crippen molar-refractivity contribution in [3.8, 4) is 11.3 Å². The van der Waals surface area contributed by atoms with Crippen LogP contribution in [0, 0.1) is 13.8 Å². The highest BCUT2D eigenvalue weighted by atomic mass is 16.1. The summed E-state index contributed by atoms with van der Waals surface area (Å²) in [4.78, 5) is 11.1.